The van der Waals surface area contributed by atoms with Crippen LogP contribution in [0.1, 0.15) is 24.2 Å². The van der Waals surface area contributed by atoms with Crippen LogP contribution >= 0.6 is 0 Å². The van der Waals surface area contributed by atoms with Crippen LogP contribution in [0.5, 0.6) is 0 Å². The fourth-order valence-electron chi connectivity index (χ4n) is 1.05. The zero-order valence-corrected chi connectivity index (χ0v) is 6.86. The highest BCUT2D eigenvalue weighted by Crippen LogP contribution is 2.28. The van der Waals surface area contributed by atoms with E-state index in [9.17, 15) is 0 Å². The minimum absolute atomic E-state index is 0.194. The molecule has 4 heteroatoms. The van der Waals surface area contributed by atoms with Crippen molar-refractivity contribution in [2.75, 3.05) is 0 Å². The van der Waals surface area contributed by atoms with Crippen molar-refractivity contribution in [2.45, 2.75) is 12.8 Å². The van der Waals surface area contributed by atoms with E-state index in [-0.39, 0.29) is 5.69 Å². The topological polar surface area (TPSA) is 65.4 Å². The van der Waals surface area contributed by atoms with Crippen LogP contribution in [0.4, 0.5) is 0 Å². The maximum atomic E-state index is 8.76. The summed E-state index contributed by atoms with van der Waals surface area (Å²) in [6.45, 7) is 0. The van der Waals surface area contributed by atoms with Crippen molar-refractivity contribution in [2.24, 2.45) is 0 Å². The van der Waals surface area contributed by atoms with Crippen LogP contribution < -0.4 is 0 Å². The Morgan fingerprint density at radius 3 is 2.69 bits per heavy atom. The first-order valence-electron chi connectivity index (χ1n) is 3.91. The molecule has 1 aliphatic carbocycles. The van der Waals surface area contributed by atoms with Gasteiger partial charge in [-0.1, -0.05) is 5.57 Å². The fourth-order valence-corrected chi connectivity index (χ4v) is 1.05. The summed E-state index contributed by atoms with van der Waals surface area (Å²) in [6, 6.07) is 3.84. The lowest BCUT2D eigenvalue weighted by molar-refractivity contribution is 1.11. The molecule has 0 saturated heterocycles. The molecular formula is C9H6N4. The van der Waals surface area contributed by atoms with E-state index in [0.717, 1.165) is 12.8 Å². The van der Waals surface area contributed by atoms with Gasteiger partial charge in [-0.05, 0) is 12.8 Å². The summed E-state index contributed by atoms with van der Waals surface area (Å²) in [7, 11) is 0. The summed E-state index contributed by atoms with van der Waals surface area (Å²) in [4.78, 5) is 3.82. The third-order valence-corrected chi connectivity index (χ3v) is 1.87. The molecule has 1 aromatic heterocycles. The van der Waals surface area contributed by atoms with Crippen molar-refractivity contribution in [1.29, 1.82) is 10.5 Å². The zero-order valence-electron chi connectivity index (χ0n) is 6.86. The molecule has 1 saturated carbocycles. The predicted octanol–water partition coefficient (Wildman–Crippen LogP) is 1.26. The van der Waals surface area contributed by atoms with E-state index in [1.165, 1.54) is 11.9 Å². The summed E-state index contributed by atoms with van der Waals surface area (Å²) in [6.07, 6.45) is 5.55. The van der Waals surface area contributed by atoms with Gasteiger partial charge in [0.2, 0.25) is 0 Å². The highest BCUT2D eigenvalue weighted by molar-refractivity contribution is 5.46. The smallest absolute Gasteiger partial charge is 0.177 e. The number of hydrogen-bond donors (Lipinski definition) is 0. The minimum atomic E-state index is 0.194. The Labute approximate surface area is 75.3 Å². The average molecular weight is 170 g/mol. The van der Waals surface area contributed by atoms with E-state index in [0.29, 0.717) is 5.69 Å². The van der Waals surface area contributed by atoms with Crippen LogP contribution in [0.15, 0.2) is 11.9 Å². The van der Waals surface area contributed by atoms with E-state index in [1.54, 1.807) is 4.57 Å². The molecule has 4 nitrogen and oxygen atoms in total. The van der Waals surface area contributed by atoms with Crippen LogP contribution in [-0.4, -0.2) is 9.55 Å². The van der Waals surface area contributed by atoms with Crippen molar-refractivity contribution in [1.82, 2.24) is 9.55 Å². The number of hydrogen-bond acceptors (Lipinski definition) is 3. The van der Waals surface area contributed by atoms with Gasteiger partial charge in [-0.2, -0.15) is 10.5 Å². The Morgan fingerprint density at radius 1 is 1.38 bits per heavy atom. The molecule has 13 heavy (non-hydrogen) atoms. The first-order valence-corrected chi connectivity index (χ1v) is 3.91. The largest absolute Gasteiger partial charge is 0.296 e. The molecule has 62 valence electrons. The van der Waals surface area contributed by atoms with Crippen molar-refractivity contribution in [3.63, 3.8) is 0 Å². The van der Waals surface area contributed by atoms with Gasteiger partial charge in [0.15, 0.2) is 11.4 Å². The monoisotopic (exact) mass is 170 g/mol. The highest BCUT2D eigenvalue weighted by Gasteiger charge is 2.14. The zero-order chi connectivity index (χ0) is 9.26. The number of nitriles is 2. The Balaban J connectivity index is 2.48. The number of allylic oxidation sites excluding steroid dienone is 1. The molecule has 0 aromatic carbocycles. The molecule has 0 unspecified atom stereocenters. The van der Waals surface area contributed by atoms with Crippen LogP contribution in [0.25, 0.3) is 6.20 Å². The standard InChI is InChI=1S/C9H6N4/c10-3-8-9(4-11)13(6-12-8)5-7-1-2-7/h5-6H,1-2H2. The first-order chi connectivity index (χ1) is 6.35. The molecule has 0 N–H and O–H groups in total. The molecular weight excluding hydrogens is 164 g/mol. The third kappa shape index (κ3) is 1.30. The lowest BCUT2D eigenvalue weighted by atomic mass is 10.3. The first kappa shape index (κ1) is 7.57. The van der Waals surface area contributed by atoms with Crippen LogP contribution in [0.2, 0.25) is 0 Å². The van der Waals surface area contributed by atoms with Crippen LogP contribution in [0.3, 0.4) is 0 Å². The summed E-state index contributed by atoms with van der Waals surface area (Å²) in [5.41, 5.74) is 1.81. The van der Waals surface area contributed by atoms with Gasteiger partial charge in [-0.25, -0.2) is 4.98 Å². The molecule has 1 aromatic rings. The van der Waals surface area contributed by atoms with E-state index >= 15 is 0 Å². The van der Waals surface area contributed by atoms with Crippen molar-refractivity contribution in [3.8, 4) is 12.1 Å². The second kappa shape index (κ2) is 2.76. The lowest BCUT2D eigenvalue weighted by Crippen LogP contribution is -1.89. The van der Waals surface area contributed by atoms with Crippen molar-refractivity contribution < 1.29 is 0 Å². The van der Waals surface area contributed by atoms with Gasteiger partial charge in [-0.3, -0.25) is 4.57 Å². The van der Waals surface area contributed by atoms with E-state index in [4.69, 9.17) is 10.5 Å². The molecule has 0 radical (unpaired) electrons. The quantitative estimate of drug-likeness (QED) is 0.637. The summed E-state index contributed by atoms with van der Waals surface area (Å²) < 4.78 is 1.61. The molecule has 0 amide bonds. The Hall–Kier alpha value is -2.07. The Bertz CT molecular complexity index is 447. The Kier molecular flexibility index (Phi) is 1.61. The van der Waals surface area contributed by atoms with Gasteiger partial charge in [0, 0.05) is 6.20 Å². The molecule has 1 fully saturated rings. The second-order valence-corrected chi connectivity index (χ2v) is 2.86. The SMILES string of the molecule is N#Cc1ncn(C=C2CC2)c1C#N. The summed E-state index contributed by atoms with van der Waals surface area (Å²) in [5, 5.41) is 17.4. The van der Waals surface area contributed by atoms with Crippen LogP contribution in [-0.2, 0) is 0 Å². The molecule has 0 bridgehead atoms. The minimum Gasteiger partial charge on any atom is -0.296 e. The molecule has 0 aliphatic heterocycles. The third-order valence-electron chi connectivity index (χ3n) is 1.87. The summed E-state index contributed by atoms with van der Waals surface area (Å²) in [5.74, 6) is 0. The van der Waals surface area contributed by atoms with Gasteiger partial charge in [0.05, 0.1) is 0 Å². The maximum Gasteiger partial charge on any atom is 0.177 e. The number of rotatable bonds is 1. The molecule has 1 aliphatic rings. The van der Waals surface area contributed by atoms with Gasteiger partial charge in [0.1, 0.15) is 18.5 Å². The number of imidazole rings is 1. The number of aromatic nitrogens is 2. The highest BCUT2D eigenvalue weighted by atomic mass is 15.0. The van der Waals surface area contributed by atoms with Gasteiger partial charge < -0.3 is 0 Å². The second-order valence-electron chi connectivity index (χ2n) is 2.86. The van der Waals surface area contributed by atoms with Crippen molar-refractivity contribution in [3.05, 3.63) is 23.3 Å². The predicted molar refractivity (Wildman–Crippen MR) is 45.2 cm³/mol. The van der Waals surface area contributed by atoms with E-state index in [1.807, 2.05) is 18.3 Å². The van der Waals surface area contributed by atoms with Gasteiger partial charge >= 0.3 is 0 Å². The van der Waals surface area contributed by atoms with Crippen molar-refractivity contribution >= 4 is 6.20 Å². The Morgan fingerprint density at radius 2 is 2.15 bits per heavy atom. The van der Waals surface area contributed by atoms with Crippen LogP contribution in [0, 0.1) is 22.7 Å². The maximum absolute atomic E-state index is 8.76. The van der Waals surface area contributed by atoms with Gasteiger partial charge in [0.25, 0.3) is 0 Å². The fraction of sp³-hybridized carbons (Fsp3) is 0.222. The molecule has 0 atom stereocenters. The average Bonchev–Trinajstić information content (AvgIpc) is 2.85. The number of nitrogens with zero attached hydrogens (tertiary/aromatic N) is 4. The molecule has 1 heterocycles. The molecule has 2 rings (SSSR count). The normalized spacial score (nSPS) is 13.2. The van der Waals surface area contributed by atoms with Gasteiger partial charge in [-0.15, -0.1) is 0 Å². The molecule has 0 spiro atoms. The summed E-state index contributed by atoms with van der Waals surface area (Å²) >= 11 is 0. The lowest BCUT2D eigenvalue weighted by Gasteiger charge is -1.91. The van der Waals surface area contributed by atoms with E-state index < -0.39 is 0 Å². The van der Waals surface area contributed by atoms with E-state index in [2.05, 4.69) is 4.98 Å².